The van der Waals surface area contributed by atoms with Crippen LogP contribution in [0.5, 0.6) is 5.75 Å². The van der Waals surface area contributed by atoms with Crippen LogP contribution >= 0.6 is 0 Å². The quantitative estimate of drug-likeness (QED) is 0.603. The molecule has 156 valence electrons. The van der Waals surface area contributed by atoms with Crippen molar-refractivity contribution in [2.24, 2.45) is 0 Å². The summed E-state index contributed by atoms with van der Waals surface area (Å²) in [5, 5.41) is 4.01. The average molecular weight is 417 g/mol. The van der Waals surface area contributed by atoms with Gasteiger partial charge in [0, 0.05) is 18.7 Å². The number of carbonyl (C=O) groups excluding carboxylic acids is 1. The Morgan fingerprint density at radius 2 is 1.90 bits per heavy atom. The molecule has 1 aromatic heterocycles. The second-order valence-electron chi connectivity index (χ2n) is 6.84. The summed E-state index contributed by atoms with van der Waals surface area (Å²) in [4.78, 5) is 18.3. The molecular formula is C21H18F3N3O3. The minimum Gasteiger partial charge on any atom is -0.493 e. The number of carbonyl (C=O) groups is 1. The van der Waals surface area contributed by atoms with E-state index in [1.54, 1.807) is 6.07 Å². The third kappa shape index (κ3) is 3.87. The highest BCUT2D eigenvalue weighted by Crippen LogP contribution is 2.35. The number of hydrogen-bond acceptors (Lipinski definition) is 5. The number of amides is 1. The minimum absolute atomic E-state index is 0.135. The molecule has 1 unspecified atom stereocenters. The van der Waals surface area contributed by atoms with Crippen molar-refractivity contribution in [2.75, 3.05) is 18.1 Å². The monoisotopic (exact) mass is 417 g/mol. The number of rotatable bonds is 5. The first-order valence-corrected chi connectivity index (χ1v) is 9.40. The van der Waals surface area contributed by atoms with Gasteiger partial charge in [0.15, 0.2) is 0 Å². The lowest BCUT2D eigenvalue weighted by Crippen LogP contribution is -2.24. The molecule has 3 aromatic rings. The summed E-state index contributed by atoms with van der Waals surface area (Å²) >= 11 is 0. The van der Waals surface area contributed by atoms with E-state index in [9.17, 15) is 18.0 Å². The van der Waals surface area contributed by atoms with Gasteiger partial charge in [-0.05, 0) is 43.3 Å². The number of anilines is 1. The fourth-order valence-electron chi connectivity index (χ4n) is 3.40. The molecule has 1 atom stereocenters. The van der Waals surface area contributed by atoms with E-state index in [0.29, 0.717) is 35.3 Å². The zero-order chi connectivity index (χ0) is 21.3. The lowest BCUT2D eigenvalue weighted by atomic mass is 10.1. The van der Waals surface area contributed by atoms with Gasteiger partial charge < -0.3 is 14.2 Å². The van der Waals surface area contributed by atoms with E-state index in [0.717, 1.165) is 12.1 Å². The first kappa shape index (κ1) is 19.9. The summed E-state index contributed by atoms with van der Waals surface area (Å²) in [5.74, 6) is 0.726. The predicted molar refractivity (Wildman–Crippen MR) is 102 cm³/mol. The van der Waals surface area contributed by atoms with Crippen LogP contribution in [0.2, 0.25) is 0 Å². The summed E-state index contributed by atoms with van der Waals surface area (Å²) < 4.78 is 49.3. The maximum atomic E-state index is 12.8. The van der Waals surface area contributed by atoms with Crippen molar-refractivity contribution in [3.05, 3.63) is 60.0 Å². The van der Waals surface area contributed by atoms with Gasteiger partial charge in [0.25, 0.3) is 0 Å². The Morgan fingerprint density at radius 1 is 1.17 bits per heavy atom. The van der Waals surface area contributed by atoms with E-state index in [2.05, 4.69) is 10.1 Å². The Bertz CT molecular complexity index is 1050. The summed E-state index contributed by atoms with van der Waals surface area (Å²) in [5.41, 5.74) is 0.319. The number of benzene rings is 2. The van der Waals surface area contributed by atoms with E-state index in [-0.39, 0.29) is 24.8 Å². The van der Waals surface area contributed by atoms with Crippen molar-refractivity contribution in [1.29, 1.82) is 0 Å². The number of aromatic nitrogens is 2. The van der Waals surface area contributed by atoms with Gasteiger partial charge in [-0.25, -0.2) is 0 Å². The second kappa shape index (κ2) is 7.81. The molecule has 6 nitrogen and oxygen atoms in total. The molecule has 0 saturated carbocycles. The smallest absolute Gasteiger partial charge is 0.416 e. The van der Waals surface area contributed by atoms with Crippen molar-refractivity contribution < 1.29 is 27.2 Å². The lowest BCUT2D eigenvalue weighted by Gasteiger charge is -2.17. The van der Waals surface area contributed by atoms with Crippen molar-refractivity contribution in [1.82, 2.24) is 10.1 Å². The summed E-state index contributed by atoms with van der Waals surface area (Å²) in [6.07, 6.45) is -4.29. The van der Waals surface area contributed by atoms with Gasteiger partial charge in [-0.3, -0.25) is 4.79 Å². The number of ether oxygens (including phenoxy) is 1. The summed E-state index contributed by atoms with van der Waals surface area (Å²) in [7, 11) is 0. The molecule has 4 rings (SSSR count). The van der Waals surface area contributed by atoms with Gasteiger partial charge in [-0.1, -0.05) is 17.3 Å². The van der Waals surface area contributed by atoms with Crippen molar-refractivity contribution in [3.63, 3.8) is 0 Å². The molecule has 9 heteroatoms. The maximum absolute atomic E-state index is 12.8. The Labute approximate surface area is 170 Å². The number of para-hydroxylation sites is 1. The molecule has 1 fully saturated rings. The van der Waals surface area contributed by atoms with Gasteiger partial charge >= 0.3 is 6.18 Å². The van der Waals surface area contributed by atoms with Crippen molar-refractivity contribution in [2.45, 2.75) is 25.4 Å². The largest absolute Gasteiger partial charge is 0.493 e. The SMILES string of the molecule is CCOc1ccccc1-c1noc(C2CC(=O)N(c3ccc(C(F)(F)F)cc3)C2)n1. The molecule has 1 saturated heterocycles. The minimum atomic E-state index is -4.42. The highest BCUT2D eigenvalue weighted by atomic mass is 19.4. The normalized spacial score (nSPS) is 16.9. The molecule has 0 aliphatic carbocycles. The standard InChI is InChI=1S/C21H18F3N3O3/c1-2-29-17-6-4-3-5-16(17)19-25-20(30-26-19)13-11-18(28)27(12-13)15-9-7-14(8-10-15)21(22,23)24/h3-10,13H,2,11-12H2,1H3. The molecule has 0 spiro atoms. The number of nitrogens with zero attached hydrogens (tertiary/aromatic N) is 3. The fraction of sp³-hybridized carbons (Fsp3) is 0.286. The van der Waals surface area contributed by atoms with Crippen LogP contribution in [0.3, 0.4) is 0 Å². The first-order valence-electron chi connectivity index (χ1n) is 9.40. The van der Waals surface area contributed by atoms with Crippen LogP contribution in [-0.4, -0.2) is 29.2 Å². The second-order valence-corrected chi connectivity index (χ2v) is 6.84. The maximum Gasteiger partial charge on any atom is 0.416 e. The van der Waals surface area contributed by atoms with E-state index in [1.807, 2.05) is 25.1 Å². The topological polar surface area (TPSA) is 68.5 Å². The van der Waals surface area contributed by atoms with E-state index < -0.39 is 11.7 Å². The van der Waals surface area contributed by atoms with Gasteiger partial charge in [0.05, 0.1) is 23.7 Å². The zero-order valence-electron chi connectivity index (χ0n) is 16.0. The summed E-state index contributed by atoms with van der Waals surface area (Å²) in [6.45, 7) is 2.61. The molecule has 2 heterocycles. The van der Waals surface area contributed by atoms with E-state index in [4.69, 9.17) is 9.26 Å². The average Bonchev–Trinajstić information content (AvgIpc) is 3.35. The number of halogens is 3. The third-order valence-corrected chi connectivity index (χ3v) is 4.85. The van der Waals surface area contributed by atoms with Gasteiger partial charge in [0.2, 0.25) is 17.6 Å². The lowest BCUT2D eigenvalue weighted by molar-refractivity contribution is -0.137. The Hall–Kier alpha value is -3.36. The Morgan fingerprint density at radius 3 is 2.60 bits per heavy atom. The fourth-order valence-corrected chi connectivity index (χ4v) is 3.40. The van der Waals surface area contributed by atoms with Gasteiger partial charge in [-0.15, -0.1) is 0 Å². The van der Waals surface area contributed by atoms with Crippen LogP contribution in [0.15, 0.2) is 53.1 Å². The molecule has 1 aliphatic heterocycles. The summed E-state index contributed by atoms with van der Waals surface area (Å²) in [6, 6.07) is 11.8. The molecule has 0 N–H and O–H groups in total. The highest BCUT2D eigenvalue weighted by Gasteiger charge is 2.36. The molecule has 1 aliphatic rings. The highest BCUT2D eigenvalue weighted by molar-refractivity contribution is 5.96. The van der Waals surface area contributed by atoms with Crippen LogP contribution in [0, 0.1) is 0 Å². The van der Waals surface area contributed by atoms with E-state index >= 15 is 0 Å². The van der Waals surface area contributed by atoms with Crippen molar-refractivity contribution >= 4 is 11.6 Å². The van der Waals surface area contributed by atoms with Crippen LogP contribution < -0.4 is 9.64 Å². The van der Waals surface area contributed by atoms with Crippen LogP contribution in [-0.2, 0) is 11.0 Å². The molecule has 1 amide bonds. The van der Waals surface area contributed by atoms with Crippen molar-refractivity contribution in [3.8, 4) is 17.1 Å². The Balaban J connectivity index is 1.53. The molecular weight excluding hydrogens is 399 g/mol. The predicted octanol–water partition coefficient (Wildman–Crippen LogP) is 4.67. The van der Waals surface area contributed by atoms with Crippen LogP contribution in [0.25, 0.3) is 11.4 Å². The molecule has 0 radical (unpaired) electrons. The third-order valence-electron chi connectivity index (χ3n) is 4.85. The molecule has 0 bridgehead atoms. The van der Waals surface area contributed by atoms with E-state index in [1.165, 1.54) is 17.0 Å². The molecule has 2 aromatic carbocycles. The number of alkyl halides is 3. The van der Waals surface area contributed by atoms with Gasteiger partial charge in [0.1, 0.15) is 5.75 Å². The zero-order valence-corrected chi connectivity index (χ0v) is 16.0. The first-order chi connectivity index (χ1) is 14.4. The van der Waals surface area contributed by atoms with Crippen LogP contribution in [0.4, 0.5) is 18.9 Å². The number of hydrogen-bond donors (Lipinski definition) is 0. The van der Waals surface area contributed by atoms with Crippen LogP contribution in [0.1, 0.15) is 30.7 Å². The molecule has 30 heavy (non-hydrogen) atoms. The van der Waals surface area contributed by atoms with Gasteiger partial charge in [-0.2, -0.15) is 18.2 Å². The Kier molecular flexibility index (Phi) is 5.19.